The molecule has 0 spiro atoms. The summed E-state index contributed by atoms with van der Waals surface area (Å²) in [6.45, 7) is 4.32. The number of benzene rings is 1. The average Bonchev–Trinajstić information content (AvgIpc) is 2.71. The SMILES string of the molecule is CCCCCCCC/C=C\CCCCCCCC(=O)NC(C)c1ccccc1. The maximum absolute atomic E-state index is 12.0. The van der Waals surface area contributed by atoms with Crippen molar-refractivity contribution in [2.75, 3.05) is 0 Å². The van der Waals surface area contributed by atoms with E-state index in [0.29, 0.717) is 6.42 Å². The Kier molecular flexibility index (Phi) is 15.3. The van der Waals surface area contributed by atoms with E-state index >= 15 is 0 Å². The number of rotatable bonds is 17. The number of hydrogen-bond donors (Lipinski definition) is 1. The van der Waals surface area contributed by atoms with E-state index in [0.717, 1.165) is 12.8 Å². The molecule has 1 rings (SSSR count). The first-order chi connectivity index (χ1) is 13.7. The van der Waals surface area contributed by atoms with Crippen molar-refractivity contribution in [2.45, 2.75) is 110 Å². The number of carbonyl (C=O) groups is 1. The fourth-order valence-corrected chi connectivity index (χ4v) is 3.49. The zero-order valence-corrected chi connectivity index (χ0v) is 18.4. The van der Waals surface area contributed by atoms with E-state index in [4.69, 9.17) is 0 Å². The minimum absolute atomic E-state index is 0.0943. The Morgan fingerprint density at radius 3 is 1.96 bits per heavy atom. The number of nitrogens with one attached hydrogen (secondary N) is 1. The third-order valence-electron chi connectivity index (χ3n) is 5.34. The number of carbonyl (C=O) groups excluding carboxylic acids is 1. The van der Waals surface area contributed by atoms with Gasteiger partial charge in [0, 0.05) is 6.42 Å². The fourth-order valence-electron chi connectivity index (χ4n) is 3.49. The van der Waals surface area contributed by atoms with Crippen LogP contribution in [0.3, 0.4) is 0 Å². The van der Waals surface area contributed by atoms with Crippen LogP contribution in [0.15, 0.2) is 42.5 Å². The lowest BCUT2D eigenvalue weighted by molar-refractivity contribution is -0.121. The van der Waals surface area contributed by atoms with Crippen molar-refractivity contribution in [2.24, 2.45) is 0 Å². The molecule has 0 heterocycles. The molecule has 0 saturated carbocycles. The average molecular weight is 386 g/mol. The van der Waals surface area contributed by atoms with Gasteiger partial charge in [0.2, 0.25) is 5.91 Å². The van der Waals surface area contributed by atoms with Crippen molar-refractivity contribution >= 4 is 5.91 Å². The van der Waals surface area contributed by atoms with Crippen LogP contribution in [0.25, 0.3) is 0 Å². The van der Waals surface area contributed by atoms with Crippen LogP contribution in [0.4, 0.5) is 0 Å². The van der Waals surface area contributed by atoms with Crippen molar-refractivity contribution in [3.63, 3.8) is 0 Å². The topological polar surface area (TPSA) is 29.1 Å². The first-order valence-corrected chi connectivity index (χ1v) is 11.7. The molecule has 0 aliphatic rings. The summed E-state index contributed by atoms with van der Waals surface area (Å²) in [5.74, 6) is 0.175. The van der Waals surface area contributed by atoms with Gasteiger partial charge in [-0.25, -0.2) is 0 Å². The van der Waals surface area contributed by atoms with Crippen molar-refractivity contribution in [1.29, 1.82) is 0 Å². The summed E-state index contributed by atoms with van der Waals surface area (Å²) in [5.41, 5.74) is 1.17. The van der Waals surface area contributed by atoms with Crippen LogP contribution in [0.5, 0.6) is 0 Å². The molecule has 1 atom stereocenters. The van der Waals surface area contributed by atoms with Gasteiger partial charge in [-0.1, -0.05) is 101 Å². The summed E-state index contributed by atoms with van der Waals surface area (Å²) >= 11 is 0. The highest BCUT2D eigenvalue weighted by atomic mass is 16.1. The number of unbranched alkanes of at least 4 members (excludes halogenated alkanes) is 11. The lowest BCUT2D eigenvalue weighted by atomic mass is 10.1. The van der Waals surface area contributed by atoms with Gasteiger partial charge in [-0.3, -0.25) is 4.79 Å². The summed E-state index contributed by atoms with van der Waals surface area (Å²) in [7, 11) is 0. The van der Waals surface area contributed by atoms with Crippen molar-refractivity contribution in [3.8, 4) is 0 Å². The van der Waals surface area contributed by atoms with Crippen molar-refractivity contribution in [3.05, 3.63) is 48.0 Å². The van der Waals surface area contributed by atoms with Crippen LogP contribution in [-0.4, -0.2) is 5.91 Å². The second-order valence-electron chi connectivity index (χ2n) is 8.03. The van der Waals surface area contributed by atoms with Crippen LogP contribution in [0.2, 0.25) is 0 Å². The van der Waals surface area contributed by atoms with E-state index in [1.807, 2.05) is 25.1 Å². The standard InChI is InChI=1S/C26H43NO/c1-3-4-5-6-7-8-9-10-11-12-13-14-15-16-20-23-26(28)27-24(2)25-21-18-17-19-22-25/h10-11,17-19,21-22,24H,3-9,12-16,20,23H2,1-2H3,(H,27,28)/b11-10-. The molecule has 158 valence electrons. The Morgan fingerprint density at radius 2 is 1.36 bits per heavy atom. The van der Waals surface area contributed by atoms with Gasteiger partial charge in [-0.2, -0.15) is 0 Å². The molecule has 0 aromatic heterocycles. The zero-order chi connectivity index (χ0) is 20.3. The molecule has 0 aliphatic heterocycles. The molecule has 0 radical (unpaired) electrons. The lowest BCUT2D eigenvalue weighted by Gasteiger charge is -2.14. The summed E-state index contributed by atoms with van der Waals surface area (Å²) in [5, 5.41) is 3.10. The van der Waals surface area contributed by atoms with Gasteiger partial charge in [0.05, 0.1) is 6.04 Å². The molecule has 0 saturated heterocycles. The highest BCUT2D eigenvalue weighted by Gasteiger charge is 2.08. The van der Waals surface area contributed by atoms with Gasteiger partial charge in [0.1, 0.15) is 0 Å². The van der Waals surface area contributed by atoms with Gasteiger partial charge >= 0.3 is 0 Å². The normalized spacial score (nSPS) is 12.4. The third-order valence-corrected chi connectivity index (χ3v) is 5.34. The Hall–Kier alpha value is -1.57. The van der Waals surface area contributed by atoms with E-state index in [1.54, 1.807) is 0 Å². The van der Waals surface area contributed by atoms with E-state index < -0.39 is 0 Å². The monoisotopic (exact) mass is 385 g/mol. The number of allylic oxidation sites excluding steroid dienone is 2. The van der Waals surface area contributed by atoms with Crippen LogP contribution < -0.4 is 5.32 Å². The molecule has 1 unspecified atom stereocenters. The second-order valence-corrected chi connectivity index (χ2v) is 8.03. The maximum Gasteiger partial charge on any atom is 0.220 e. The van der Waals surface area contributed by atoms with E-state index in [2.05, 4.69) is 36.5 Å². The fraction of sp³-hybridized carbons (Fsp3) is 0.654. The molecule has 0 fully saturated rings. The molecule has 1 aromatic carbocycles. The smallest absolute Gasteiger partial charge is 0.220 e. The van der Waals surface area contributed by atoms with Gasteiger partial charge in [0.15, 0.2) is 0 Å². The molecule has 1 N–H and O–H groups in total. The lowest BCUT2D eigenvalue weighted by Crippen LogP contribution is -2.26. The first-order valence-electron chi connectivity index (χ1n) is 11.7. The Balaban J connectivity index is 1.88. The minimum atomic E-state index is 0.0943. The van der Waals surface area contributed by atoms with Gasteiger partial charge < -0.3 is 5.32 Å². The largest absolute Gasteiger partial charge is 0.350 e. The molecular weight excluding hydrogens is 342 g/mol. The van der Waals surface area contributed by atoms with E-state index in [-0.39, 0.29) is 11.9 Å². The molecule has 28 heavy (non-hydrogen) atoms. The minimum Gasteiger partial charge on any atom is -0.350 e. The molecule has 1 aromatic rings. The summed E-state index contributed by atoms with van der Waals surface area (Å²) in [6.07, 6.45) is 22.1. The molecular formula is C26H43NO. The highest BCUT2D eigenvalue weighted by Crippen LogP contribution is 2.13. The summed E-state index contributed by atoms with van der Waals surface area (Å²) in [6, 6.07) is 10.3. The molecule has 2 heteroatoms. The zero-order valence-electron chi connectivity index (χ0n) is 18.4. The maximum atomic E-state index is 12.0. The molecule has 1 amide bonds. The van der Waals surface area contributed by atoms with E-state index in [9.17, 15) is 4.79 Å². The van der Waals surface area contributed by atoms with Crippen LogP contribution >= 0.6 is 0 Å². The highest BCUT2D eigenvalue weighted by molar-refractivity contribution is 5.76. The van der Waals surface area contributed by atoms with Gasteiger partial charge in [-0.05, 0) is 44.6 Å². The van der Waals surface area contributed by atoms with E-state index in [1.165, 1.54) is 76.2 Å². The first kappa shape index (κ1) is 24.5. The van der Waals surface area contributed by atoms with Gasteiger partial charge in [-0.15, -0.1) is 0 Å². The molecule has 0 bridgehead atoms. The van der Waals surface area contributed by atoms with Crippen LogP contribution in [-0.2, 0) is 4.79 Å². The Bertz CT molecular complexity index is 508. The van der Waals surface area contributed by atoms with Crippen LogP contribution in [0.1, 0.15) is 115 Å². The van der Waals surface area contributed by atoms with Crippen LogP contribution in [0, 0.1) is 0 Å². The second kappa shape index (κ2) is 17.5. The van der Waals surface area contributed by atoms with Crippen molar-refractivity contribution in [1.82, 2.24) is 5.32 Å². The Labute approximate surface area is 174 Å². The third kappa shape index (κ3) is 13.6. The van der Waals surface area contributed by atoms with Crippen molar-refractivity contribution < 1.29 is 4.79 Å². The predicted octanol–water partition coefficient (Wildman–Crippen LogP) is 7.90. The number of hydrogen-bond acceptors (Lipinski definition) is 1. The number of amides is 1. The molecule has 0 aliphatic carbocycles. The summed E-state index contributed by atoms with van der Waals surface area (Å²) < 4.78 is 0. The molecule has 2 nitrogen and oxygen atoms in total. The van der Waals surface area contributed by atoms with Gasteiger partial charge in [0.25, 0.3) is 0 Å². The summed E-state index contributed by atoms with van der Waals surface area (Å²) in [4.78, 5) is 12.0. The quantitative estimate of drug-likeness (QED) is 0.214. The Morgan fingerprint density at radius 1 is 0.821 bits per heavy atom. The predicted molar refractivity (Wildman–Crippen MR) is 122 cm³/mol.